The second-order valence-corrected chi connectivity index (χ2v) is 5.71. The lowest BCUT2D eigenvalue weighted by atomic mass is 10.1. The molecule has 0 radical (unpaired) electrons. The second kappa shape index (κ2) is 6.00. The zero-order valence-corrected chi connectivity index (χ0v) is 11.1. The summed E-state index contributed by atoms with van der Waals surface area (Å²) in [4.78, 5) is 0. The van der Waals surface area contributed by atoms with E-state index in [9.17, 15) is 8.42 Å². The number of nitrogens with one attached hydrogen (secondary N) is 1. The van der Waals surface area contributed by atoms with Gasteiger partial charge in [0.25, 0.3) is 10.2 Å². The number of hydrogen-bond donors (Lipinski definition) is 1. The zero-order valence-electron chi connectivity index (χ0n) is 10.3. The fourth-order valence-electron chi connectivity index (χ4n) is 1.35. The monoisotopic (exact) mass is 258 g/mol. The average molecular weight is 258 g/mol. The number of hydrogen-bond acceptors (Lipinski definition) is 3. The van der Waals surface area contributed by atoms with E-state index in [0.717, 1.165) is 15.6 Å². The Hall–Kier alpha value is -1.11. The summed E-state index contributed by atoms with van der Waals surface area (Å²) in [6, 6.07) is 7.56. The van der Waals surface area contributed by atoms with Crippen LogP contribution in [-0.2, 0) is 16.6 Å². The van der Waals surface area contributed by atoms with Crippen molar-refractivity contribution in [3.63, 3.8) is 0 Å². The van der Waals surface area contributed by atoms with Crippen molar-refractivity contribution in [1.82, 2.24) is 9.03 Å². The maximum atomic E-state index is 11.5. The van der Waals surface area contributed by atoms with Crippen LogP contribution in [0.2, 0.25) is 0 Å². The van der Waals surface area contributed by atoms with Gasteiger partial charge >= 0.3 is 0 Å². The molecule has 0 aromatic heterocycles. The SMILES string of the molecule is COc1ccccc1CCNS(=O)(=O)N(C)C. The smallest absolute Gasteiger partial charge is 0.278 e. The highest BCUT2D eigenvalue weighted by molar-refractivity contribution is 7.87. The number of methoxy groups -OCH3 is 1. The topological polar surface area (TPSA) is 58.6 Å². The number of rotatable bonds is 6. The molecule has 6 heteroatoms. The Morgan fingerprint density at radius 3 is 2.53 bits per heavy atom. The van der Waals surface area contributed by atoms with E-state index in [1.807, 2.05) is 24.3 Å². The first-order chi connectivity index (χ1) is 7.97. The Balaban J connectivity index is 2.57. The van der Waals surface area contributed by atoms with Gasteiger partial charge in [0, 0.05) is 20.6 Å². The van der Waals surface area contributed by atoms with Gasteiger partial charge in [-0.05, 0) is 18.1 Å². The van der Waals surface area contributed by atoms with E-state index in [1.165, 1.54) is 14.1 Å². The van der Waals surface area contributed by atoms with Crippen molar-refractivity contribution in [1.29, 1.82) is 0 Å². The molecular formula is C11H18N2O3S. The van der Waals surface area contributed by atoms with Crippen LogP contribution in [0.25, 0.3) is 0 Å². The molecule has 1 rings (SSSR count). The third-order valence-electron chi connectivity index (χ3n) is 2.35. The van der Waals surface area contributed by atoms with Gasteiger partial charge < -0.3 is 4.74 Å². The highest BCUT2D eigenvalue weighted by Gasteiger charge is 2.12. The highest BCUT2D eigenvalue weighted by atomic mass is 32.2. The molecule has 0 bridgehead atoms. The van der Waals surface area contributed by atoms with Gasteiger partial charge in [-0.25, -0.2) is 4.72 Å². The number of nitrogens with zero attached hydrogens (tertiary/aromatic N) is 1. The quantitative estimate of drug-likeness (QED) is 0.814. The fourth-order valence-corrected chi connectivity index (χ4v) is 1.97. The Morgan fingerprint density at radius 2 is 1.94 bits per heavy atom. The maximum Gasteiger partial charge on any atom is 0.278 e. The predicted octanol–water partition coefficient (Wildman–Crippen LogP) is 0.634. The van der Waals surface area contributed by atoms with Gasteiger partial charge in [0.15, 0.2) is 0 Å². The number of ether oxygens (including phenoxy) is 1. The van der Waals surface area contributed by atoms with Crippen LogP contribution in [0.4, 0.5) is 0 Å². The summed E-state index contributed by atoms with van der Waals surface area (Å²) in [7, 11) is 1.24. The first-order valence-electron chi connectivity index (χ1n) is 5.26. The minimum absolute atomic E-state index is 0.348. The summed E-state index contributed by atoms with van der Waals surface area (Å²) in [6.45, 7) is 0.348. The third-order valence-corrected chi connectivity index (χ3v) is 3.88. The Kier molecular flexibility index (Phi) is 4.92. The third kappa shape index (κ3) is 3.99. The molecule has 1 aromatic rings. The molecule has 0 saturated carbocycles. The van der Waals surface area contributed by atoms with Crippen LogP contribution in [0.15, 0.2) is 24.3 Å². The van der Waals surface area contributed by atoms with Crippen molar-refractivity contribution in [2.45, 2.75) is 6.42 Å². The minimum atomic E-state index is -3.35. The largest absolute Gasteiger partial charge is 0.496 e. The van der Waals surface area contributed by atoms with Gasteiger partial charge in [-0.15, -0.1) is 0 Å². The molecule has 5 nitrogen and oxygen atoms in total. The summed E-state index contributed by atoms with van der Waals surface area (Å²) in [5.74, 6) is 0.775. The lowest BCUT2D eigenvalue weighted by Gasteiger charge is -2.13. The van der Waals surface area contributed by atoms with E-state index in [0.29, 0.717) is 13.0 Å². The van der Waals surface area contributed by atoms with E-state index in [1.54, 1.807) is 7.11 Å². The molecule has 0 heterocycles. The molecule has 0 aliphatic carbocycles. The summed E-state index contributed by atoms with van der Waals surface area (Å²) in [5, 5.41) is 0. The molecule has 0 amide bonds. The molecule has 0 aliphatic rings. The summed E-state index contributed by atoms with van der Waals surface area (Å²) < 4.78 is 31.8. The van der Waals surface area contributed by atoms with Gasteiger partial charge in [-0.2, -0.15) is 12.7 Å². The molecule has 1 aromatic carbocycles. The first kappa shape index (κ1) is 14.0. The van der Waals surface area contributed by atoms with Gasteiger partial charge in [0.1, 0.15) is 5.75 Å². The van der Waals surface area contributed by atoms with Crippen LogP contribution < -0.4 is 9.46 Å². The number of para-hydroxylation sites is 1. The predicted molar refractivity (Wildman–Crippen MR) is 67.3 cm³/mol. The van der Waals surface area contributed by atoms with Crippen LogP contribution in [0, 0.1) is 0 Å². The van der Waals surface area contributed by atoms with Crippen molar-refractivity contribution < 1.29 is 13.2 Å². The van der Waals surface area contributed by atoms with E-state index in [2.05, 4.69) is 4.72 Å². The summed E-state index contributed by atoms with van der Waals surface area (Å²) in [5.41, 5.74) is 0.983. The first-order valence-corrected chi connectivity index (χ1v) is 6.70. The van der Waals surface area contributed by atoms with Gasteiger partial charge in [0.05, 0.1) is 7.11 Å². The number of benzene rings is 1. The van der Waals surface area contributed by atoms with Crippen LogP contribution in [0.1, 0.15) is 5.56 Å². The van der Waals surface area contributed by atoms with Crippen molar-refractivity contribution in [3.05, 3.63) is 29.8 Å². The molecule has 0 atom stereocenters. The zero-order chi connectivity index (χ0) is 12.9. The van der Waals surface area contributed by atoms with E-state index < -0.39 is 10.2 Å². The highest BCUT2D eigenvalue weighted by Crippen LogP contribution is 2.17. The second-order valence-electron chi connectivity index (χ2n) is 3.74. The lowest BCUT2D eigenvalue weighted by molar-refractivity contribution is 0.409. The van der Waals surface area contributed by atoms with Crippen molar-refractivity contribution in [3.8, 4) is 5.75 Å². The van der Waals surface area contributed by atoms with Crippen molar-refractivity contribution in [2.75, 3.05) is 27.7 Å². The summed E-state index contributed by atoms with van der Waals surface area (Å²) >= 11 is 0. The molecule has 17 heavy (non-hydrogen) atoms. The molecule has 0 spiro atoms. The van der Waals surface area contributed by atoms with E-state index in [-0.39, 0.29) is 0 Å². The Labute approximate surface area is 103 Å². The van der Waals surface area contributed by atoms with E-state index in [4.69, 9.17) is 4.74 Å². The van der Waals surface area contributed by atoms with Crippen LogP contribution in [-0.4, -0.2) is 40.5 Å². The molecule has 0 unspecified atom stereocenters. The standard InChI is InChI=1S/C11H18N2O3S/c1-13(2)17(14,15)12-9-8-10-6-4-5-7-11(10)16-3/h4-7,12H,8-9H2,1-3H3. The maximum absolute atomic E-state index is 11.5. The van der Waals surface area contributed by atoms with Crippen LogP contribution in [0.5, 0.6) is 5.75 Å². The van der Waals surface area contributed by atoms with Gasteiger partial charge in [-0.1, -0.05) is 18.2 Å². The molecule has 0 saturated heterocycles. The Morgan fingerprint density at radius 1 is 1.29 bits per heavy atom. The lowest BCUT2D eigenvalue weighted by Crippen LogP contribution is -2.36. The Bertz CT molecular complexity index is 458. The molecule has 1 N–H and O–H groups in total. The molecule has 0 aliphatic heterocycles. The van der Waals surface area contributed by atoms with Crippen LogP contribution >= 0.6 is 0 Å². The summed E-state index contributed by atoms with van der Waals surface area (Å²) in [6.07, 6.45) is 0.594. The van der Waals surface area contributed by atoms with Crippen molar-refractivity contribution >= 4 is 10.2 Å². The van der Waals surface area contributed by atoms with E-state index >= 15 is 0 Å². The molecule has 96 valence electrons. The molecular weight excluding hydrogens is 240 g/mol. The normalized spacial score (nSPS) is 11.8. The fraction of sp³-hybridized carbons (Fsp3) is 0.455. The van der Waals surface area contributed by atoms with Crippen LogP contribution in [0.3, 0.4) is 0 Å². The van der Waals surface area contributed by atoms with Crippen molar-refractivity contribution in [2.24, 2.45) is 0 Å². The minimum Gasteiger partial charge on any atom is -0.496 e. The average Bonchev–Trinajstić information content (AvgIpc) is 2.29. The molecule has 0 fully saturated rings. The van der Waals surface area contributed by atoms with Gasteiger partial charge in [-0.3, -0.25) is 0 Å². The van der Waals surface area contributed by atoms with Gasteiger partial charge in [0.2, 0.25) is 0 Å².